The maximum absolute atomic E-state index is 5.37. The van der Waals surface area contributed by atoms with E-state index in [4.69, 9.17) is 9.51 Å². The number of aryl methyl sites for hydroxylation is 4. The molecule has 116 valence electrons. The Morgan fingerprint density at radius 1 is 1.23 bits per heavy atom. The summed E-state index contributed by atoms with van der Waals surface area (Å²) in [5.74, 6) is 0.924. The average molecular weight is 317 g/mol. The molecule has 22 heavy (non-hydrogen) atoms. The molecule has 0 aromatic carbocycles. The second-order valence-corrected chi connectivity index (χ2v) is 6.92. The molecule has 1 fully saturated rings. The molecule has 4 rings (SSSR count). The normalized spacial score (nSPS) is 18.7. The molecule has 0 spiro atoms. The van der Waals surface area contributed by atoms with Crippen LogP contribution in [0.2, 0.25) is 0 Å². The van der Waals surface area contributed by atoms with Crippen LogP contribution in [-0.2, 0) is 7.05 Å². The van der Waals surface area contributed by atoms with Gasteiger partial charge >= 0.3 is 0 Å². The van der Waals surface area contributed by atoms with E-state index in [1.807, 2.05) is 32.5 Å². The van der Waals surface area contributed by atoms with Gasteiger partial charge in [-0.3, -0.25) is 0 Å². The maximum Gasteiger partial charge on any atom is 0.188 e. The van der Waals surface area contributed by atoms with Crippen molar-refractivity contribution in [3.05, 3.63) is 22.7 Å². The van der Waals surface area contributed by atoms with Crippen LogP contribution in [0.4, 0.5) is 5.13 Å². The second-order valence-electron chi connectivity index (χ2n) is 5.95. The van der Waals surface area contributed by atoms with Gasteiger partial charge in [-0.1, -0.05) is 16.5 Å². The van der Waals surface area contributed by atoms with Crippen LogP contribution in [0.5, 0.6) is 0 Å². The molecule has 0 unspecified atom stereocenters. The SMILES string of the molecule is Cc1noc(C)c1[C@H]1CCCN1c1nc2c(s1)c(C)nn2C. The van der Waals surface area contributed by atoms with Crippen molar-refractivity contribution < 1.29 is 4.52 Å². The van der Waals surface area contributed by atoms with E-state index in [2.05, 4.69) is 15.2 Å². The molecule has 1 aliphatic rings. The third-order valence-corrected chi connectivity index (χ3v) is 5.64. The van der Waals surface area contributed by atoms with Crippen LogP contribution in [-0.4, -0.2) is 26.5 Å². The van der Waals surface area contributed by atoms with E-state index in [0.29, 0.717) is 6.04 Å². The highest BCUT2D eigenvalue weighted by Crippen LogP contribution is 2.41. The van der Waals surface area contributed by atoms with Crippen LogP contribution in [0.1, 0.15) is 41.6 Å². The van der Waals surface area contributed by atoms with Crippen molar-refractivity contribution in [2.75, 3.05) is 11.4 Å². The van der Waals surface area contributed by atoms with E-state index in [-0.39, 0.29) is 0 Å². The molecule has 1 aliphatic heterocycles. The summed E-state index contributed by atoms with van der Waals surface area (Å²) in [6, 6.07) is 0.320. The quantitative estimate of drug-likeness (QED) is 0.726. The Labute approximate surface area is 132 Å². The number of aromatic nitrogens is 4. The number of thiazole rings is 1. The Morgan fingerprint density at radius 3 is 2.73 bits per heavy atom. The highest BCUT2D eigenvalue weighted by molar-refractivity contribution is 7.22. The third kappa shape index (κ3) is 1.88. The lowest BCUT2D eigenvalue weighted by Crippen LogP contribution is -2.23. The first kappa shape index (κ1) is 13.8. The smallest absolute Gasteiger partial charge is 0.188 e. The Kier molecular flexibility index (Phi) is 3.00. The van der Waals surface area contributed by atoms with E-state index < -0.39 is 0 Å². The van der Waals surface area contributed by atoms with E-state index >= 15 is 0 Å². The number of rotatable bonds is 2. The van der Waals surface area contributed by atoms with Gasteiger partial charge in [0.05, 0.1) is 22.1 Å². The van der Waals surface area contributed by atoms with Gasteiger partial charge < -0.3 is 9.42 Å². The fourth-order valence-corrected chi connectivity index (χ4v) is 4.57. The lowest BCUT2D eigenvalue weighted by atomic mass is 10.0. The van der Waals surface area contributed by atoms with Gasteiger partial charge in [0, 0.05) is 19.2 Å². The van der Waals surface area contributed by atoms with Crippen molar-refractivity contribution in [1.29, 1.82) is 0 Å². The summed E-state index contributed by atoms with van der Waals surface area (Å²) in [6.07, 6.45) is 2.29. The predicted octanol–water partition coefficient (Wildman–Crippen LogP) is 3.28. The van der Waals surface area contributed by atoms with Crippen LogP contribution < -0.4 is 4.90 Å². The monoisotopic (exact) mass is 317 g/mol. The minimum Gasteiger partial charge on any atom is -0.361 e. The van der Waals surface area contributed by atoms with Crippen LogP contribution in [0.25, 0.3) is 10.3 Å². The molecule has 0 aliphatic carbocycles. The molecule has 1 saturated heterocycles. The second kappa shape index (κ2) is 4.81. The standard InChI is InChI=1S/C15H19N5OS/c1-8-12(10(3)21-18-8)11-6-5-7-20(11)15-16-14-13(22-15)9(2)17-19(14)4/h11H,5-7H2,1-4H3/t11-/m1/s1. The summed E-state index contributed by atoms with van der Waals surface area (Å²) in [4.78, 5) is 7.23. The van der Waals surface area contributed by atoms with Gasteiger partial charge in [-0.15, -0.1) is 0 Å². The molecule has 3 aromatic rings. The number of hydrogen-bond donors (Lipinski definition) is 0. The largest absolute Gasteiger partial charge is 0.361 e. The molecule has 0 N–H and O–H groups in total. The van der Waals surface area contributed by atoms with E-state index in [1.165, 1.54) is 16.7 Å². The van der Waals surface area contributed by atoms with Crippen molar-refractivity contribution in [1.82, 2.24) is 19.9 Å². The topological polar surface area (TPSA) is 60.0 Å². The average Bonchev–Trinajstić information content (AvgIpc) is 3.19. The molecular weight excluding hydrogens is 298 g/mol. The van der Waals surface area contributed by atoms with Crippen molar-refractivity contribution in [2.24, 2.45) is 7.05 Å². The minimum absolute atomic E-state index is 0.320. The summed E-state index contributed by atoms with van der Waals surface area (Å²) >= 11 is 1.74. The Balaban J connectivity index is 1.78. The summed E-state index contributed by atoms with van der Waals surface area (Å²) < 4.78 is 8.42. The van der Waals surface area contributed by atoms with Crippen molar-refractivity contribution in [3.8, 4) is 0 Å². The van der Waals surface area contributed by atoms with Gasteiger partial charge in [-0.2, -0.15) is 5.10 Å². The molecule has 7 heteroatoms. The highest BCUT2D eigenvalue weighted by Gasteiger charge is 2.33. The summed E-state index contributed by atoms with van der Waals surface area (Å²) in [5.41, 5.74) is 4.25. The van der Waals surface area contributed by atoms with Gasteiger partial charge in [0.1, 0.15) is 5.76 Å². The van der Waals surface area contributed by atoms with E-state index in [9.17, 15) is 0 Å². The first-order valence-corrected chi connectivity index (χ1v) is 8.37. The zero-order valence-electron chi connectivity index (χ0n) is 13.3. The van der Waals surface area contributed by atoms with Gasteiger partial charge in [-0.05, 0) is 33.6 Å². The Morgan fingerprint density at radius 2 is 2.05 bits per heavy atom. The summed E-state index contributed by atoms with van der Waals surface area (Å²) in [7, 11) is 1.95. The first-order valence-electron chi connectivity index (χ1n) is 7.56. The van der Waals surface area contributed by atoms with Crippen LogP contribution >= 0.6 is 11.3 Å². The first-order chi connectivity index (χ1) is 10.6. The van der Waals surface area contributed by atoms with Gasteiger partial charge in [0.15, 0.2) is 10.8 Å². The fraction of sp³-hybridized carbons (Fsp3) is 0.533. The zero-order chi connectivity index (χ0) is 15.4. The molecular formula is C15H19N5OS. The molecule has 0 radical (unpaired) electrons. The van der Waals surface area contributed by atoms with E-state index in [0.717, 1.165) is 40.9 Å². The molecule has 0 amide bonds. The number of nitrogens with zero attached hydrogens (tertiary/aromatic N) is 5. The third-order valence-electron chi connectivity index (χ3n) is 4.45. The molecule has 3 aromatic heterocycles. The van der Waals surface area contributed by atoms with Crippen molar-refractivity contribution >= 4 is 26.8 Å². The van der Waals surface area contributed by atoms with Crippen LogP contribution in [0, 0.1) is 20.8 Å². The van der Waals surface area contributed by atoms with Crippen LogP contribution in [0.3, 0.4) is 0 Å². The summed E-state index contributed by atoms with van der Waals surface area (Å²) in [6.45, 7) is 7.09. The molecule has 1 atom stereocenters. The molecule has 0 saturated carbocycles. The summed E-state index contributed by atoms with van der Waals surface area (Å²) in [5, 5.41) is 9.63. The fourth-order valence-electron chi connectivity index (χ4n) is 3.46. The molecule has 6 nitrogen and oxygen atoms in total. The minimum atomic E-state index is 0.320. The maximum atomic E-state index is 5.37. The Hall–Kier alpha value is -1.89. The Bertz CT molecular complexity index is 792. The molecule has 0 bridgehead atoms. The lowest BCUT2D eigenvalue weighted by molar-refractivity contribution is 0.391. The lowest BCUT2D eigenvalue weighted by Gasteiger charge is -2.23. The van der Waals surface area contributed by atoms with Gasteiger partial charge in [0.25, 0.3) is 0 Å². The molecule has 4 heterocycles. The van der Waals surface area contributed by atoms with Gasteiger partial charge in [0.2, 0.25) is 0 Å². The number of anilines is 1. The van der Waals surface area contributed by atoms with Crippen molar-refractivity contribution in [3.63, 3.8) is 0 Å². The number of fused-ring (bicyclic) bond motifs is 1. The van der Waals surface area contributed by atoms with Crippen molar-refractivity contribution in [2.45, 2.75) is 39.7 Å². The zero-order valence-corrected chi connectivity index (χ0v) is 14.1. The number of hydrogen-bond acceptors (Lipinski definition) is 6. The predicted molar refractivity (Wildman–Crippen MR) is 86.4 cm³/mol. The van der Waals surface area contributed by atoms with E-state index in [1.54, 1.807) is 11.3 Å². The van der Waals surface area contributed by atoms with Crippen LogP contribution in [0.15, 0.2) is 4.52 Å². The van der Waals surface area contributed by atoms with Gasteiger partial charge in [-0.25, -0.2) is 9.67 Å². The highest BCUT2D eigenvalue weighted by atomic mass is 32.1.